The van der Waals surface area contributed by atoms with Crippen molar-refractivity contribution in [1.82, 2.24) is 20.0 Å². The Labute approximate surface area is 192 Å². The lowest BCUT2D eigenvalue weighted by molar-refractivity contribution is -0.137. The van der Waals surface area contributed by atoms with E-state index in [1.165, 1.54) is 24.0 Å². The Morgan fingerprint density at radius 1 is 1.09 bits per heavy atom. The van der Waals surface area contributed by atoms with Crippen LogP contribution in [0, 0.1) is 12.8 Å². The minimum Gasteiger partial charge on any atom is -0.370 e. The number of amides is 1. The number of nitrogens with one attached hydrogen (secondary N) is 1. The van der Waals surface area contributed by atoms with Crippen LogP contribution in [0.4, 0.5) is 0 Å². The third-order valence-electron chi connectivity index (χ3n) is 7.21. The van der Waals surface area contributed by atoms with Crippen molar-refractivity contribution in [2.24, 2.45) is 10.9 Å². The number of hydrogen-bond acceptors (Lipinski definition) is 4. The van der Waals surface area contributed by atoms with Crippen LogP contribution in [0.3, 0.4) is 0 Å². The highest BCUT2D eigenvalue weighted by Gasteiger charge is 2.29. The van der Waals surface area contributed by atoms with Crippen molar-refractivity contribution in [3.05, 3.63) is 35.4 Å². The maximum atomic E-state index is 12.6. The molecule has 0 radical (unpaired) electrons. The van der Waals surface area contributed by atoms with Crippen molar-refractivity contribution >= 4 is 11.9 Å². The molecule has 1 atom stereocenters. The maximum absolute atomic E-state index is 12.6. The smallest absolute Gasteiger partial charge is 0.225 e. The fraction of sp³-hybridized carbons (Fsp3) is 0.680. The molecule has 2 aliphatic heterocycles. The molecule has 32 heavy (non-hydrogen) atoms. The van der Waals surface area contributed by atoms with Gasteiger partial charge >= 0.3 is 0 Å². The molecule has 2 heterocycles. The maximum Gasteiger partial charge on any atom is 0.225 e. The van der Waals surface area contributed by atoms with Crippen LogP contribution in [0.25, 0.3) is 0 Å². The van der Waals surface area contributed by atoms with Crippen molar-refractivity contribution in [3.8, 4) is 0 Å². The second-order valence-electron chi connectivity index (χ2n) is 9.28. The van der Waals surface area contributed by atoms with Gasteiger partial charge in [-0.25, -0.2) is 0 Å². The van der Waals surface area contributed by atoms with Crippen molar-refractivity contribution in [2.75, 3.05) is 66.0 Å². The van der Waals surface area contributed by atoms with E-state index in [0.717, 1.165) is 71.2 Å². The normalized spacial score (nSPS) is 23.6. The first-order valence-corrected chi connectivity index (χ1v) is 12.3. The minimum atomic E-state index is 0.0778. The fourth-order valence-corrected chi connectivity index (χ4v) is 5.26. The van der Waals surface area contributed by atoms with Crippen LogP contribution >= 0.6 is 0 Å². The van der Waals surface area contributed by atoms with Crippen molar-refractivity contribution in [1.29, 1.82) is 0 Å². The van der Waals surface area contributed by atoms with Crippen LogP contribution in [0.5, 0.6) is 0 Å². The summed E-state index contributed by atoms with van der Waals surface area (Å²) in [7, 11) is 1.86. The molecule has 4 rings (SSSR count). The van der Waals surface area contributed by atoms with Crippen molar-refractivity contribution < 1.29 is 9.53 Å². The molecule has 2 saturated heterocycles. The zero-order valence-corrected chi connectivity index (χ0v) is 19.8. The van der Waals surface area contributed by atoms with Crippen molar-refractivity contribution in [2.45, 2.75) is 38.7 Å². The number of benzene rings is 1. The predicted octanol–water partition coefficient (Wildman–Crippen LogP) is 2.28. The van der Waals surface area contributed by atoms with Gasteiger partial charge in [-0.15, -0.1) is 0 Å². The monoisotopic (exact) mass is 441 g/mol. The summed E-state index contributed by atoms with van der Waals surface area (Å²) in [6.07, 6.45) is 4.70. The summed E-state index contributed by atoms with van der Waals surface area (Å²) in [6, 6.07) is 8.46. The largest absolute Gasteiger partial charge is 0.370 e. The van der Waals surface area contributed by atoms with E-state index in [9.17, 15) is 4.79 Å². The molecule has 1 saturated carbocycles. The average molecular weight is 442 g/mol. The molecular weight excluding hydrogens is 402 g/mol. The number of morpholine rings is 1. The number of aliphatic imine (C=N–C) groups is 1. The summed E-state index contributed by atoms with van der Waals surface area (Å²) in [5.41, 5.74) is 2.53. The quantitative estimate of drug-likeness (QED) is 0.561. The lowest BCUT2D eigenvalue weighted by Crippen LogP contribution is -2.53. The molecule has 1 unspecified atom stereocenters. The van der Waals surface area contributed by atoms with Gasteiger partial charge in [0.25, 0.3) is 0 Å². The SMILES string of the molecule is CN=C(NCCN1CCN(C(=O)C2CCCC2)CC1)N1CCOC(c2ccccc2C)C1. The Bertz CT molecular complexity index is 784. The zero-order valence-electron chi connectivity index (χ0n) is 19.8. The third kappa shape index (κ3) is 5.62. The molecule has 176 valence electrons. The van der Waals surface area contributed by atoms with Gasteiger partial charge in [-0.1, -0.05) is 37.1 Å². The molecule has 0 bridgehead atoms. The molecule has 3 fully saturated rings. The van der Waals surface area contributed by atoms with E-state index in [0.29, 0.717) is 18.4 Å². The molecule has 3 aliphatic rings. The molecule has 0 spiro atoms. The summed E-state index contributed by atoms with van der Waals surface area (Å²) in [5, 5.41) is 3.55. The van der Waals surface area contributed by atoms with Gasteiger partial charge in [-0.05, 0) is 30.9 Å². The number of rotatable bonds is 5. The highest BCUT2D eigenvalue weighted by Crippen LogP contribution is 2.27. The molecule has 1 aromatic rings. The Kier molecular flexibility index (Phi) is 8.03. The van der Waals surface area contributed by atoms with E-state index in [1.807, 2.05) is 7.05 Å². The van der Waals surface area contributed by atoms with Gasteiger partial charge in [0.05, 0.1) is 13.2 Å². The van der Waals surface area contributed by atoms with E-state index in [1.54, 1.807) is 0 Å². The molecule has 1 aliphatic carbocycles. The van der Waals surface area contributed by atoms with E-state index in [2.05, 4.69) is 56.2 Å². The first-order valence-electron chi connectivity index (χ1n) is 12.3. The molecular formula is C25H39N5O2. The molecule has 7 nitrogen and oxygen atoms in total. The Morgan fingerprint density at radius 2 is 1.84 bits per heavy atom. The van der Waals surface area contributed by atoms with Gasteiger partial charge in [0, 0.05) is 58.8 Å². The number of piperazine rings is 1. The van der Waals surface area contributed by atoms with Crippen LogP contribution < -0.4 is 5.32 Å². The van der Waals surface area contributed by atoms with Crippen LogP contribution in [0.15, 0.2) is 29.3 Å². The number of hydrogen-bond donors (Lipinski definition) is 1. The van der Waals surface area contributed by atoms with Crippen molar-refractivity contribution in [3.63, 3.8) is 0 Å². The topological polar surface area (TPSA) is 60.4 Å². The fourth-order valence-electron chi connectivity index (χ4n) is 5.26. The van der Waals surface area contributed by atoms with Gasteiger partial charge in [0.1, 0.15) is 6.10 Å². The predicted molar refractivity (Wildman–Crippen MR) is 128 cm³/mol. The molecule has 1 N–H and O–H groups in total. The van der Waals surface area contributed by atoms with Crippen LogP contribution in [0.1, 0.15) is 42.9 Å². The second-order valence-corrected chi connectivity index (χ2v) is 9.28. The first kappa shape index (κ1) is 23.1. The highest BCUT2D eigenvalue weighted by atomic mass is 16.5. The number of aryl methyl sites for hydroxylation is 1. The molecule has 7 heteroatoms. The summed E-state index contributed by atoms with van der Waals surface area (Å²) in [4.78, 5) is 24.0. The number of ether oxygens (including phenoxy) is 1. The Hall–Kier alpha value is -2.12. The number of carbonyl (C=O) groups is 1. The molecule has 1 aromatic carbocycles. The first-order chi connectivity index (χ1) is 15.7. The van der Waals surface area contributed by atoms with E-state index < -0.39 is 0 Å². The Balaban J connectivity index is 1.20. The van der Waals surface area contributed by atoms with E-state index in [4.69, 9.17) is 4.74 Å². The lowest BCUT2D eigenvalue weighted by Gasteiger charge is -2.37. The lowest BCUT2D eigenvalue weighted by atomic mass is 10.0. The minimum absolute atomic E-state index is 0.0778. The second kappa shape index (κ2) is 11.1. The van der Waals surface area contributed by atoms with Crippen LogP contribution in [0.2, 0.25) is 0 Å². The van der Waals surface area contributed by atoms with Crippen LogP contribution in [-0.4, -0.2) is 92.6 Å². The summed E-state index contributed by atoms with van der Waals surface area (Å²) < 4.78 is 6.07. The summed E-state index contributed by atoms with van der Waals surface area (Å²) >= 11 is 0. The molecule has 1 amide bonds. The van der Waals surface area contributed by atoms with E-state index >= 15 is 0 Å². The van der Waals surface area contributed by atoms with Gasteiger partial charge < -0.3 is 19.9 Å². The van der Waals surface area contributed by atoms with Crippen LogP contribution in [-0.2, 0) is 9.53 Å². The molecule has 0 aromatic heterocycles. The Morgan fingerprint density at radius 3 is 2.56 bits per heavy atom. The highest BCUT2D eigenvalue weighted by molar-refractivity contribution is 5.80. The van der Waals surface area contributed by atoms with E-state index in [-0.39, 0.29) is 6.10 Å². The standard InChI is InChI=1S/C25H39N5O2/c1-20-7-3-6-10-22(20)23-19-30(17-18-32-23)25(26-2)27-11-12-28-13-15-29(16-14-28)24(31)21-8-4-5-9-21/h3,6-7,10,21,23H,4-5,8-9,11-19H2,1-2H3,(H,26,27). The van der Waals surface area contributed by atoms with Gasteiger partial charge in [0.15, 0.2) is 5.96 Å². The third-order valence-corrected chi connectivity index (χ3v) is 7.21. The average Bonchev–Trinajstić information content (AvgIpc) is 3.37. The van der Waals surface area contributed by atoms with Gasteiger partial charge in [0.2, 0.25) is 5.91 Å². The van der Waals surface area contributed by atoms with Gasteiger partial charge in [-0.2, -0.15) is 0 Å². The number of carbonyl (C=O) groups excluding carboxylic acids is 1. The number of guanidine groups is 1. The zero-order chi connectivity index (χ0) is 22.3. The number of nitrogens with zero attached hydrogens (tertiary/aromatic N) is 4. The summed E-state index contributed by atoms with van der Waals surface area (Å²) in [5.74, 6) is 1.64. The van der Waals surface area contributed by atoms with Gasteiger partial charge in [-0.3, -0.25) is 14.7 Å². The summed E-state index contributed by atoms with van der Waals surface area (Å²) in [6.45, 7) is 10.00.